The molecule has 0 aliphatic carbocycles. The highest BCUT2D eigenvalue weighted by Crippen LogP contribution is 2.40. The molecule has 0 aliphatic heterocycles. The lowest BCUT2D eigenvalue weighted by molar-refractivity contribution is 0.127. The second-order valence-corrected chi connectivity index (χ2v) is 4.37. The Hall–Kier alpha value is -2.26. The van der Waals surface area contributed by atoms with E-state index in [1.807, 2.05) is 36.4 Å². The summed E-state index contributed by atoms with van der Waals surface area (Å²) < 4.78 is 10.7. The van der Waals surface area contributed by atoms with Crippen molar-refractivity contribution in [3.8, 4) is 11.5 Å². The van der Waals surface area contributed by atoms with Crippen molar-refractivity contribution < 1.29 is 14.6 Å². The Kier molecular flexibility index (Phi) is 4.11. The van der Waals surface area contributed by atoms with Gasteiger partial charge in [0, 0.05) is 11.1 Å². The van der Waals surface area contributed by atoms with E-state index >= 15 is 0 Å². The summed E-state index contributed by atoms with van der Waals surface area (Å²) in [4.78, 5) is 0. The monoisotopic (exact) mass is 270 g/mol. The van der Waals surface area contributed by atoms with Gasteiger partial charge in [0.05, 0.1) is 14.2 Å². The second kappa shape index (κ2) is 5.80. The fourth-order valence-electron chi connectivity index (χ4n) is 2.28. The summed E-state index contributed by atoms with van der Waals surface area (Å²) in [6.07, 6.45) is 1.49. The topological polar surface area (TPSA) is 38.7 Å². The van der Waals surface area contributed by atoms with Crippen molar-refractivity contribution in [3.63, 3.8) is 0 Å². The Morgan fingerprint density at radius 2 is 1.30 bits per heavy atom. The van der Waals surface area contributed by atoms with Crippen molar-refractivity contribution in [2.75, 3.05) is 14.2 Å². The molecule has 0 saturated carbocycles. The highest BCUT2D eigenvalue weighted by Gasteiger charge is 2.33. The van der Waals surface area contributed by atoms with Gasteiger partial charge in [0.25, 0.3) is 0 Å². The molecule has 104 valence electrons. The molecule has 0 saturated heterocycles. The maximum Gasteiger partial charge on any atom is 0.140 e. The van der Waals surface area contributed by atoms with Crippen LogP contribution < -0.4 is 9.47 Å². The zero-order valence-electron chi connectivity index (χ0n) is 11.7. The molecule has 0 bridgehead atoms. The van der Waals surface area contributed by atoms with Gasteiger partial charge in [-0.2, -0.15) is 0 Å². The average molecular weight is 270 g/mol. The van der Waals surface area contributed by atoms with Crippen LogP contribution >= 0.6 is 0 Å². The molecule has 2 aromatic carbocycles. The number of ether oxygens (including phenoxy) is 2. The summed E-state index contributed by atoms with van der Waals surface area (Å²) in [5.74, 6) is 1.20. The molecule has 2 rings (SSSR count). The van der Waals surface area contributed by atoms with E-state index in [1.165, 1.54) is 6.08 Å². The minimum Gasteiger partial charge on any atom is -0.496 e. The van der Waals surface area contributed by atoms with E-state index in [0.29, 0.717) is 22.6 Å². The van der Waals surface area contributed by atoms with Crippen molar-refractivity contribution in [2.45, 2.75) is 5.60 Å². The molecule has 0 unspecified atom stereocenters. The minimum atomic E-state index is -1.38. The van der Waals surface area contributed by atoms with Gasteiger partial charge >= 0.3 is 0 Å². The lowest BCUT2D eigenvalue weighted by Crippen LogP contribution is -2.25. The molecular formula is C17H18O3. The van der Waals surface area contributed by atoms with Crippen LogP contribution in [0, 0.1) is 0 Å². The van der Waals surface area contributed by atoms with E-state index in [1.54, 1.807) is 26.4 Å². The van der Waals surface area contributed by atoms with Crippen molar-refractivity contribution in [2.24, 2.45) is 0 Å². The van der Waals surface area contributed by atoms with Gasteiger partial charge in [0.2, 0.25) is 0 Å². The Bertz CT molecular complexity index is 557. The lowest BCUT2D eigenvalue weighted by Gasteiger charge is -2.28. The zero-order valence-corrected chi connectivity index (χ0v) is 11.7. The SMILES string of the molecule is C=CC(O)(c1ccccc1OC)c1ccccc1OC. The van der Waals surface area contributed by atoms with Crippen LogP contribution in [0.2, 0.25) is 0 Å². The van der Waals surface area contributed by atoms with Crippen LogP contribution in [0.25, 0.3) is 0 Å². The average Bonchev–Trinajstić information content (AvgIpc) is 2.54. The van der Waals surface area contributed by atoms with Gasteiger partial charge in [-0.1, -0.05) is 49.1 Å². The van der Waals surface area contributed by atoms with Crippen LogP contribution in [0.5, 0.6) is 11.5 Å². The van der Waals surface area contributed by atoms with Gasteiger partial charge in [-0.05, 0) is 12.1 Å². The Morgan fingerprint density at radius 3 is 1.65 bits per heavy atom. The highest BCUT2D eigenvalue weighted by molar-refractivity contribution is 5.52. The molecule has 0 amide bonds. The Morgan fingerprint density at radius 1 is 0.900 bits per heavy atom. The number of benzene rings is 2. The Labute approximate surface area is 119 Å². The number of rotatable bonds is 5. The molecular weight excluding hydrogens is 252 g/mol. The summed E-state index contributed by atoms with van der Waals surface area (Å²) in [6, 6.07) is 14.6. The highest BCUT2D eigenvalue weighted by atomic mass is 16.5. The number of aliphatic hydroxyl groups is 1. The molecule has 0 spiro atoms. The van der Waals surface area contributed by atoms with Crippen molar-refractivity contribution in [1.82, 2.24) is 0 Å². The molecule has 1 N–H and O–H groups in total. The molecule has 0 aromatic heterocycles. The quantitative estimate of drug-likeness (QED) is 0.848. The molecule has 0 aliphatic rings. The van der Waals surface area contributed by atoms with Crippen LogP contribution in [-0.2, 0) is 5.60 Å². The maximum absolute atomic E-state index is 11.1. The number of hydrogen-bond acceptors (Lipinski definition) is 3. The summed E-state index contributed by atoms with van der Waals surface area (Å²) >= 11 is 0. The van der Waals surface area contributed by atoms with E-state index < -0.39 is 5.60 Å². The van der Waals surface area contributed by atoms with Crippen LogP contribution in [0.3, 0.4) is 0 Å². The summed E-state index contributed by atoms with van der Waals surface area (Å²) in [7, 11) is 3.15. The van der Waals surface area contributed by atoms with Crippen LogP contribution in [0.4, 0.5) is 0 Å². The molecule has 0 heterocycles. The fourth-order valence-corrected chi connectivity index (χ4v) is 2.28. The Balaban J connectivity index is 2.67. The largest absolute Gasteiger partial charge is 0.496 e. The zero-order chi connectivity index (χ0) is 14.6. The molecule has 0 fully saturated rings. The van der Waals surface area contributed by atoms with Crippen molar-refractivity contribution in [1.29, 1.82) is 0 Å². The lowest BCUT2D eigenvalue weighted by atomic mass is 9.85. The molecule has 20 heavy (non-hydrogen) atoms. The molecule has 3 heteroatoms. The summed E-state index contributed by atoms with van der Waals surface area (Å²) in [5, 5.41) is 11.1. The third kappa shape index (κ3) is 2.28. The van der Waals surface area contributed by atoms with Crippen LogP contribution in [0.15, 0.2) is 61.2 Å². The first-order valence-electron chi connectivity index (χ1n) is 6.30. The van der Waals surface area contributed by atoms with Gasteiger partial charge in [-0.3, -0.25) is 0 Å². The van der Waals surface area contributed by atoms with E-state index in [2.05, 4.69) is 6.58 Å². The normalized spacial score (nSPS) is 10.9. The van der Waals surface area contributed by atoms with Gasteiger partial charge in [0.15, 0.2) is 0 Å². The maximum atomic E-state index is 11.1. The van der Waals surface area contributed by atoms with Crippen LogP contribution in [-0.4, -0.2) is 19.3 Å². The molecule has 0 atom stereocenters. The third-order valence-electron chi connectivity index (χ3n) is 3.33. The standard InChI is InChI=1S/C17H18O3/c1-4-17(18,13-9-5-7-11-15(13)19-2)14-10-6-8-12-16(14)20-3/h4-12,18H,1H2,2-3H3. The minimum absolute atomic E-state index is 0.598. The summed E-state index contributed by atoms with van der Waals surface area (Å²) in [6.45, 7) is 3.78. The van der Waals surface area contributed by atoms with Gasteiger partial charge < -0.3 is 14.6 Å². The number of para-hydroxylation sites is 2. The van der Waals surface area contributed by atoms with Crippen molar-refractivity contribution in [3.05, 3.63) is 72.3 Å². The van der Waals surface area contributed by atoms with Crippen molar-refractivity contribution >= 4 is 0 Å². The van der Waals surface area contributed by atoms with E-state index in [-0.39, 0.29) is 0 Å². The van der Waals surface area contributed by atoms with Gasteiger partial charge in [-0.15, -0.1) is 0 Å². The first kappa shape index (κ1) is 14.2. The number of hydrogen-bond donors (Lipinski definition) is 1. The molecule has 3 nitrogen and oxygen atoms in total. The first-order chi connectivity index (χ1) is 9.67. The summed E-state index contributed by atoms with van der Waals surface area (Å²) in [5.41, 5.74) is -0.122. The predicted octanol–water partition coefficient (Wildman–Crippen LogP) is 3.13. The molecule has 2 aromatic rings. The third-order valence-corrected chi connectivity index (χ3v) is 3.33. The first-order valence-corrected chi connectivity index (χ1v) is 6.30. The van der Waals surface area contributed by atoms with E-state index in [4.69, 9.17) is 9.47 Å². The van der Waals surface area contributed by atoms with Gasteiger partial charge in [0.1, 0.15) is 17.1 Å². The predicted molar refractivity (Wildman–Crippen MR) is 79.2 cm³/mol. The molecule has 0 radical (unpaired) electrons. The van der Waals surface area contributed by atoms with Gasteiger partial charge in [-0.25, -0.2) is 0 Å². The number of methoxy groups -OCH3 is 2. The van der Waals surface area contributed by atoms with E-state index in [0.717, 1.165) is 0 Å². The van der Waals surface area contributed by atoms with Crippen LogP contribution in [0.1, 0.15) is 11.1 Å². The fraction of sp³-hybridized carbons (Fsp3) is 0.176. The second-order valence-electron chi connectivity index (χ2n) is 4.37. The smallest absolute Gasteiger partial charge is 0.140 e. The van der Waals surface area contributed by atoms with E-state index in [9.17, 15) is 5.11 Å².